The van der Waals surface area contributed by atoms with E-state index in [0.717, 1.165) is 37.6 Å². The van der Waals surface area contributed by atoms with Crippen LogP contribution >= 0.6 is 0 Å². The number of hydrogen-bond donors (Lipinski definition) is 1. The molecule has 90 valence electrons. The van der Waals surface area contributed by atoms with E-state index in [0.29, 0.717) is 0 Å². The number of nitrogens with one attached hydrogen (secondary N) is 1. The minimum atomic E-state index is 0.926. The Kier molecular flexibility index (Phi) is 5.86. The van der Waals surface area contributed by atoms with Crippen molar-refractivity contribution < 1.29 is 0 Å². The van der Waals surface area contributed by atoms with Crippen LogP contribution in [0.1, 0.15) is 32.4 Å². The van der Waals surface area contributed by atoms with Crippen LogP contribution in [0.15, 0.2) is 18.2 Å². The van der Waals surface area contributed by atoms with E-state index in [1.165, 1.54) is 6.42 Å². The lowest BCUT2D eigenvalue weighted by molar-refractivity contribution is 0.324. The molecule has 3 nitrogen and oxygen atoms in total. The van der Waals surface area contributed by atoms with Crippen LogP contribution in [0.4, 0.5) is 5.82 Å². The van der Waals surface area contributed by atoms with Crippen LogP contribution < -0.4 is 5.32 Å². The minimum absolute atomic E-state index is 0.926. The maximum Gasteiger partial charge on any atom is 0.126 e. The van der Waals surface area contributed by atoms with Gasteiger partial charge in [0.1, 0.15) is 5.82 Å². The van der Waals surface area contributed by atoms with Gasteiger partial charge in [0.05, 0.1) is 5.69 Å². The van der Waals surface area contributed by atoms with E-state index in [4.69, 9.17) is 0 Å². The van der Waals surface area contributed by atoms with Gasteiger partial charge in [0.15, 0.2) is 0 Å². The first-order chi connectivity index (χ1) is 7.76. The molecule has 1 aromatic heterocycles. The van der Waals surface area contributed by atoms with Crippen LogP contribution in [0.2, 0.25) is 0 Å². The summed E-state index contributed by atoms with van der Waals surface area (Å²) in [5, 5.41) is 3.31. The molecule has 0 aliphatic rings. The lowest BCUT2D eigenvalue weighted by Gasteiger charge is -2.15. The van der Waals surface area contributed by atoms with E-state index < -0.39 is 0 Å². The molecular formula is C13H23N3. The fourth-order valence-corrected chi connectivity index (χ4v) is 1.66. The second-order valence-corrected chi connectivity index (χ2v) is 4.18. The SMILES string of the molecule is CCCNc1cccc(CN(C)CCC)n1. The predicted molar refractivity (Wildman–Crippen MR) is 69.6 cm³/mol. The first-order valence-electron chi connectivity index (χ1n) is 6.14. The largest absolute Gasteiger partial charge is 0.370 e. The summed E-state index contributed by atoms with van der Waals surface area (Å²) in [5.41, 5.74) is 1.14. The summed E-state index contributed by atoms with van der Waals surface area (Å²) in [4.78, 5) is 6.88. The topological polar surface area (TPSA) is 28.2 Å². The third-order valence-corrected chi connectivity index (χ3v) is 2.40. The van der Waals surface area contributed by atoms with Crippen LogP contribution in [-0.2, 0) is 6.54 Å². The predicted octanol–water partition coefficient (Wildman–Crippen LogP) is 2.75. The summed E-state index contributed by atoms with van der Waals surface area (Å²) >= 11 is 0. The molecule has 1 aromatic rings. The fraction of sp³-hybridized carbons (Fsp3) is 0.615. The molecule has 1 heterocycles. The van der Waals surface area contributed by atoms with Crippen molar-refractivity contribution in [3.05, 3.63) is 23.9 Å². The van der Waals surface area contributed by atoms with Crippen molar-refractivity contribution in [1.29, 1.82) is 0 Å². The number of rotatable bonds is 7. The second kappa shape index (κ2) is 7.23. The molecule has 16 heavy (non-hydrogen) atoms. The van der Waals surface area contributed by atoms with Crippen molar-refractivity contribution in [3.8, 4) is 0 Å². The second-order valence-electron chi connectivity index (χ2n) is 4.18. The normalized spacial score (nSPS) is 10.8. The molecule has 0 bridgehead atoms. The number of nitrogens with zero attached hydrogens (tertiary/aromatic N) is 2. The van der Waals surface area contributed by atoms with Gasteiger partial charge in [-0.25, -0.2) is 4.98 Å². The lowest BCUT2D eigenvalue weighted by Crippen LogP contribution is -2.19. The fourth-order valence-electron chi connectivity index (χ4n) is 1.66. The summed E-state index contributed by atoms with van der Waals surface area (Å²) in [6.45, 7) is 7.39. The first-order valence-corrected chi connectivity index (χ1v) is 6.14. The lowest BCUT2D eigenvalue weighted by atomic mass is 10.3. The Morgan fingerprint density at radius 1 is 1.25 bits per heavy atom. The van der Waals surface area contributed by atoms with Gasteiger partial charge >= 0.3 is 0 Å². The summed E-state index contributed by atoms with van der Waals surface area (Å²) in [6.07, 6.45) is 2.31. The molecule has 0 radical (unpaired) electrons. The van der Waals surface area contributed by atoms with Gasteiger partial charge in [-0.05, 0) is 38.6 Å². The van der Waals surface area contributed by atoms with Gasteiger partial charge in [0.2, 0.25) is 0 Å². The molecular weight excluding hydrogens is 198 g/mol. The highest BCUT2D eigenvalue weighted by Gasteiger charge is 2.01. The third kappa shape index (κ3) is 4.62. The number of hydrogen-bond acceptors (Lipinski definition) is 3. The summed E-state index contributed by atoms with van der Waals surface area (Å²) in [7, 11) is 2.14. The maximum atomic E-state index is 4.58. The molecule has 3 heteroatoms. The molecule has 0 atom stereocenters. The van der Waals surface area contributed by atoms with Crippen molar-refractivity contribution in [1.82, 2.24) is 9.88 Å². The number of aromatic nitrogens is 1. The number of anilines is 1. The average Bonchev–Trinajstić information content (AvgIpc) is 2.27. The highest BCUT2D eigenvalue weighted by atomic mass is 15.1. The molecule has 0 amide bonds. The summed E-state index contributed by atoms with van der Waals surface area (Å²) in [6, 6.07) is 6.18. The van der Waals surface area contributed by atoms with Crippen molar-refractivity contribution in [2.24, 2.45) is 0 Å². The summed E-state index contributed by atoms with van der Waals surface area (Å²) < 4.78 is 0. The molecule has 1 N–H and O–H groups in total. The van der Waals surface area contributed by atoms with Crippen molar-refractivity contribution in [2.45, 2.75) is 33.2 Å². The Hall–Kier alpha value is -1.09. The zero-order valence-electron chi connectivity index (χ0n) is 10.7. The van der Waals surface area contributed by atoms with Gasteiger partial charge in [0.25, 0.3) is 0 Å². The monoisotopic (exact) mass is 221 g/mol. The van der Waals surface area contributed by atoms with E-state index in [9.17, 15) is 0 Å². The van der Waals surface area contributed by atoms with E-state index in [1.54, 1.807) is 0 Å². The van der Waals surface area contributed by atoms with Gasteiger partial charge in [-0.2, -0.15) is 0 Å². The molecule has 0 saturated carbocycles. The smallest absolute Gasteiger partial charge is 0.126 e. The van der Waals surface area contributed by atoms with Crippen LogP contribution in [0.25, 0.3) is 0 Å². The quantitative estimate of drug-likeness (QED) is 0.767. The average molecular weight is 221 g/mol. The molecule has 0 unspecified atom stereocenters. The Balaban J connectivity index is 2.52. The standard InChI is InChI=1S/C13H23N3/c1-4-9-14-13-8-6-7-12(15-13)11-16(3)10-5-2/h6-8H,4-5,9-11H2,1-3H3,(H,14,15). The Labute approximate surface area is 98.9 Å². The van der Waals surface area contributed by atoms with Gasteiger partial charge < -0.3 is 10.2 Å². The van der Waals surface area contributed by atoms with Gasteiger partial charge in [-0.3, -0.25) is 0 Å². The van der Waals surface area contributed by atoms with Crippen LogP contribution in [0.5, 0.6) is 0 Å². The van der Waals surface area contributed by atoms with Crippen molar-refractivity contribution in [2.75, 3.05) is 25.5 Å². The van der Waals surface area contributed by atoms with E-state index in [2.05, 4.69) is 48.2 Å². The van der Waals surface area contributed by atoms with Gasteiger partial charge in [0, 0.05) is 13.1 Å². The highest BCUT2D eigenvalue weighted by molar-refractivity contribution is 5.35. The summed E-state index contributed by atoms with van der Waals surface area (Å²) in [5.74, 6) is 0.990. The Morgan fingerprint density at radius 2 is 2.06 bits per heavy atom. The maximum absolute atomic E-state index is 4.58. The first kappa shape index (κ1) is 13.0. The van der Waals surface area contributed by atoms with E-state index in [1.807, 2.05) is 6.07 Å². The van der Waals surface area contributed by atoms with Crippen LogP contribution in [0.3, 0.4) is 0 Å². The molecule has 0 aliphatic carbocycles. The van der Waals surface area contributed by atoms with Crippen molar-refractivity contribution >= 4 is 5.82 Å². The van der Waals surface area contributed by atoms with Crippen LogP contribution in [0, 0.1) is 0 Å². The Bertz CT molecular complexity index is 299. The van der Waals surface area contributed by atoms with E-state index >= 15 is 0 Å². The number of pyridine rings is 1. The molecule has 0 saturated heterocycles. The zero-order chi connectivity index (χ0) is 11.8. The zero-order valence-corrected chi connectivity index (χ0v) is 10.7. The molecule has 0 spiro atoms. The minimum Gasteiger partial charge on any atom is -0.370 e. The molecule has 0 aliphatic heterocycles. The highest BCUT2D eigenvalue weighted by Crippen LogP contribution is 2.07. The van der Waals surface area contributed by atoms with Gasteiger partial charge in [-0.15, -0.1) is 0 Å². The van der Waals surface area contributed by atoms with Gasteiger partial charge in [-0.1, -0.05) is 19.9 Å². The third-order valence-electron chi connectivity index (χ3n) is 2.40. The van der Waals surface area contributed by atoms with Crippen molar-refractivity contribution in [3.63, 3.8) is 0 Å². The molecule has 0 aromatic carbocycles. The van der Waals surface area contributed by atoms with Crippen LogP contribution in [-0.4, -0.2) is 30.0 Å². The van der Waals surface area contributed by atoms with E-state index in [-0.39, 0.29) is 0 Å². The Morgan fingerprint density at radius 3 is 2.75 bits per heavy atom. The molecule has 1 rings (SSSR count). The molecule has 0 fully saturated rings.